The van der Waals surface area contributed by atoms with E-state index in [1.54, 1.807) is 18.5 Å². The highest BCUT2D eigenvalue weighted by molar-refractivity contribution is 7.92. The number of piperidine rings is 1. The van der Waals surface area contributed by atoms with Gasteiger partial charge in [0.05, 0.1) is 23.7 Å². The minimum absolute atomic E-state index is 0.0196. The topological polar surface area (TPSA) is 160 Å². The summed E-state index contributed by atoms with van der Waals surface area (Å²) in [6.45, 7) is 4.16. The highest BCUT2D eigenvalue weighted by Crippen LogP contribution is 2.29. The summed E-state index contributed by atoms with van der Waals surface area (Å²) in [4.78, 5) is 38.3. The highest BCUT2D eigenvalue weighted by Gasteiger charge is 2.29. The smallest absolute Gasteiger partial charge is 0.326 e. The number of nitrogens with one attached hydrogen (secondary N) is 2. The van der Waals surface area contributed by atoms with Gasteiger partial charge in [0.25, 0.3) is 5.91 Å². The van der Waals surface area contributed by atoms with Gasteiger partial charge in [0, 0.05) is 55.0 Å². The van der Waals surface area contributed by atoms with Gasteiger partial charge in [-0.3, -0.25) is 24.3 Å². The second kappa shape index (κ2) is 13.7. The number of benzene rings is 2. The van der Waals surface area contributed by atoms with E-state index < -0.39 is 15.9 Å². The van der Waals surface area contributed by atoms with Crippen molar-refractivity contribution < 1.29 is 22.7 Å². The minimum atomic E-state index is -3.53. The highest BCUT2D eigenvalue weighted by atomic mass is 32.2. The summed E-state index contributed by atoms with van der Waals surface area (Å²) >= 11 is 0. The number of nitrogens with two attached hydrogens (primary N) is 1. The number of likely N-dealkylation sites (tertiary alicyclic amines) is 1. The van der Waals surface area contributed by atoms with E-state index in [2.05, 4.69) is 24.9 Å². The fraction of sp³-hybridized carbons (Fsp3) is 0.250. The Hall–Kier alpha value is -5.01. The Morgan fingerprint density at radius 3 is 2.33 bits per heavy atom. The lowest BCUT2D eigenvalue weighted by molar-refractivity contribution is 0.0998. The van der Waals surface area contributed by atoms with Gasteiger partial charge < -0.3 is 15.8 Å². The molecule has 234 valence electrons. The Morgan fingerprint density at radius 2 is 1.71 bits per heavy atom. The number of urea groups is 1. The molecule has 0 aliphatic carbocycles. The van der Waals surface area contributed by atoms with E-state index in [9.17, 15) is 18.0 Å². The van der Waals surface area contributed by atoms with E-state index in [-0.39, 0.29) is 35.0 Å². The quantitative estimate of drug-likeness (QED) is 0.227. The lowest BCUT2D eigenvalue weighted by atomic mass is 10.0. The number of carbonyl (C=O) groups is 2. The van der Waals surface area contributed by atoms with Crippen molar-refractivity contribution in [3.63, 3.8) is 0 Å². The number of hydrogen-bond donors (Lipinski definition) is 3. The van der Waals surface area contributed by atoms with Crippen LogP contribution < -0.4 is 25.4 Å². The van der Waals surface area contributed by atoms with Crippen LogP contribution in [0.25, 0.3) is 0 Å². The third kappa shape index (κ3) is 8.55. The standard InChI is InChI=1S/C32H35N7O5S/c1-22-8-10-25(20-34-22)36-32(41)39(26-6-4-3-5-7-26)27-14-16-38(17-15-27)21-23-9-13-30(35-19-23)44-29-12-11-24(37-45(2,42)43)18-28(29)31(33)40/h3-13,18-20,27,37H,14-17,21H2,1-2H3,(H2,33,40)(H,36,41). The number of pyridine rings is 2. The molecule has 12 nitrogen and oxygen atoms in total. The van der Waals surface area contributed by atoms with Gasteiger partial charge in [-0.25, -0.2) is 18.2 Å². The molecule has 0 saturated carbocycles. The van der Waals surface area contributed by atoms with Crippen LogP contribution in [0, 0.1) is 6.92 Å². The van der Waals surface area contributed by atoms with Crippen LogP contribution in [0.5, 0.6) is 11.6 Å². The maximum atomic E-state index is 13.5. The summed E-state index contributed by atoms with van der Waals surface area (Å²) in [6.07, 6.45) is 5.98. The largest absolute Gasteiger partial charge is 0.438 e. The van der Waals surface area contributed by atoms with Crippen LogP contribution in [0.4, 0.5) is 21.9 Å². The van der Waals surface area contributed by atoms with Gasteiger partial charge in [-0.2, -0.15) is 0 Å². The molecule has 2 aromatic carbocycles. The van der Waals surface area contributed by atoms with Gasteiger partial charge in [0.15, 0.2) is 0 Å². The number of para-hydroxylation sites is 1. The van der Waals surface area contributed by atoms with Gasteiger partial charge in [0.2, 0.25) is 15.9 Å². The summed E-state index contributed by atoms with van der Waals surface area (Å²) in [6, 6.07) is 21.1. The lowest BCUT2D eigenvalue weighted by Crippen LogP contribution is -2.49. The molecule has 4 aromatic rings. The van der Waals surface area contributed by atoms with E-state index in [1.165, 1.54) is 18.2 Å². The predicted octanol–water partition coefficient (Wildman–Crippen LogP) is 4.75. The van der Waals surface area contributed by atoms with E-state index in [1.807, 2.05) is 60.4 Å². The van der Waals surface area contributed by atoms with E-state index in [4.69, 9.17) is 10.5 Å². The molecule has 4 N–H and O–H groups in total. The van der Waals surface area contributed by atoms with Crippen molar-refractivity contribution in [3.05, 3.63) is 102 Å². The van der Waals surface area contributed by atoms with E-state index in [0.29, 0.717) is 12.2 Å². The van der Waals surface area contributed by atoms with Crippen molar-refractivity contribution in [1.82, 2.24) is 14.9 Å². The first kappa shape index (κ1) is 31.4. The molecule has 2 aromatic heterocycles. The van der Waals surface area contributed by atoms with Gasteiger partial charge in [0.1, 0.15) is 5.75 Å². The third-order valence-electron chi connectivity index (χ3n) is 7.30. The number of nitrogens with zero attached hydrogens (tertiary/aromatic N) is 4. The molecule has 1 fully saturated rings. The summed E-state index contributed by atoms with van der Waals surface area (Å²) in [5.41, 5.74) is 9.06. The van der Waals surface area contributed by atoms with Crippen LogP contribution in [-0.2, 0) is 16.6 Å². The number of hydrogen-bond acceptors (Lipinski definition) is 8. The Bertz CT molecular complexity index is 1740. The number of aryl methyl sites for hydroxylation is 1. The number of anilines is 3. The SMILES string of the molecule is Cc1ccc(NC(=O)N(c2ccccc2)C2CCN(Cc3ccc(Oc4ccc(NS(C)(=O)=O)cc4C(N)=O)nc3)CC2)cn1. The zero-order valence-corrected chi connectivity index (χ0v) is 25.8. The van der Waals surface area contributed by atoms with Crippen molar-refractivity contribution in [2.75, 3.05) is 34.3 Å². The normalized spacial score (nSPS) is 14.0. The molecule has 0 spiro atoms. The number of aromatic nitrogens is 2. The minimum Gasteiger partial charge on any atom is -0.438 e. The summed E-state index contributed by atoms with van der Waals surface area (Å²) < 4.78 is 31.2. The maximum Gasteiger partial charge on any atom is 0.326 e. The summed E-state index contributed by atoms with van der Waals surface area (Å²) in [7, 11) is -3.53. The number of rotatable bonds is 10. The average Bonchev–Trinajstić information content (AvgIpc) is 3.01. The third-order valence-corrected chi connectivity index (χ3v) is 7.91. The molecule has 0 bridgehead atoms. The van der Waals surface area contributed by atoms with Crippen molar-refractivity contribution in [3.8, 4) is 11.6 Å². The number of sulfonamides is 1. The molecule has 0 atom stereocenters. The molecular formula is C32H35N7O5S. The van der Waals surface area contributed by atoms with Gasteiger partial charge in [-0.15, -0.1) is 0 Å². The molecule has 3 amide bonds. The monoisotopic (exact) mass is 629 g/mol. The molecular weight excluding hydrogens is 594 g/mol. The molecule has 1 saturated heterocycles. The predicted molar refractivity (Wildman–Crippen MR) is 173 cm³/mol. The van der Waals surface area contributed by atoms with Crippen LogP contribution >= 0.6 is 0 Å². The molecule has 3 heterocycles. The molecule has 0 radical (unpaired) electrons. The van der Waals surface area contributed by atoms with Crippen LogP contribution in [0.2, 0.25) is 0 Å². The van der Waals surface area contributed by atoms with Crippen LogP contribution in [0.1, 0.15) is 34.5 Å². The van der Waals surface area contributed by atoms with Gasteiger partial charge in [-0.05, 0) is 67.8 Å². The second-order valence-electron chi connectivity index (χ2n) is 10.9. The van der Waals surface area contributed by atoms with Gasteiger partial charge >= 0.3 is 6.03 Å². The van der Waals surface area contributed by atoms with E-state index >= 15 is 0 Å². The first-order chi connectivity index (χ1) is 21.5. The Morgan fingerprint density at radius 1 is 0.978 bits per heavy atom. The molecule has 0 unspecified atom stereocenters. The average molecular weight is 630 g/mol. The lowest BCUT2D eigenvalue weighted by Gasteiger charge is -2.38. The number of carbonyl (C=O) groups excluding carboxylic acids is 2. The van der Waals surface area contributed by atoms with Crippen LogP contribution in [-0.4, -0.2) is 60.6 Å². The van der Waals surface area contributed by atoms with Crippen molar-refractivity contribution in [1.29, 1.82) is 0 Å². The van der Waals surface area contributed by atoms with Crippen molar-refractivity contribution >= 4 is 39.0 Å². The zero-order chi connectivity index (χ0) is 32.0. The molecule has 45 heavy (non-hydrogen) atoms. The first-order valence-electron chi connectivity index (χ1n) is 14.4. The van der Waals surface area contributed by atoms with Crippen LogP contribution in [0.15, 0.2) is 85.2 Å². The molecule has 1 aliphatic rings. The number of primary amides is 1. The molecule has 5 rings (SSSR count). The Kier molecular flexibility index (Phi) is 9.59. The number of amides is 3. The van der Waals surface area contributed by atoms with Crippen molar-refractivity contribution in [2.24, 2.45) is 5.73 Å². The molecule has 13 heteroatoms. The zero-order valence-electron chi connectivity index (χ0n) is 25.0. The number of ether oxygens (including phenoxy) is 1. The fourth-order valence-corrected chi connectivity index (χ4v) is 5.72. The summed E-state index contributed by atoms with van der Waals surface area (Å²) in [5, 5.41) is 3.00. The van der Waals surface area contributed by atoms with Crippen molar-refractivity contribution in [2.45, 2.75) is 32.4 Å². The maximum absolute atomic E-state index is 13.5. The first-order valence-corrected chi connectivity index (χ1v) is 16.3. The Balaban J connectivity index is 1.20. The van der Waals surface area contributed by atoms with Gasteiger partial charge in [-0.1, -0.05) is 24.3 Å². The van der Waals surface area contributed by atoms with Crippen LogP contribution in [0.3, 0.4) is 0 Å². The fourth-order valence-electron chi connectivity index (χ4n) is 5.17. The summed E-state index contributed by atoms with van der Waals surface area (Å²) in [5.74, 6) is -0.343. The molecule has 1 aliphatic heterocycles. The Labute approximate surface area is 262 Å². The van der Waals surface area contributed by atoms with E-state index in [0.717, 1.165) is 49.1 Å². The second-order valence-corrected chi connectivity index (χ2v) is 12.6.